The molecule has 1 aliphatic heterocycles. The van der Waals surface area contributed by atoms with E-state index in [0.717, 1.165) is 31.0 Å². The first-order chi connectivity index (χ1) is 8.65. The third kappa shape index (κ3) is 3.60. The Labute approximate surface area is 110 Å². The van der Waals surface area contributed by atoms with Crippen LogP contribution >= 0.6 is 11.8 Å². The zero-order valence-electron chi connectivity index (χ0n) is 10.4. The number of nitrogens with zero attached hydrogens (tertiary/aromatic N) is 2. The van der Waals surface area contributed by atoms with Gasteiger partial charge in [-0.25, -0.2) is 0 Å². The summed E-state index contributed by atoms with van der Waals surface area (Å²) >= 11 is 1.31. The van der Waals surface area contributed by atoms with Gasteiger partial charge in [0.1, 0.15) is 0 Å². The Hall–Kier alpha value is -1.30. The van der Waals surface area contributed by atoms with E-state index >= 15 is 0 Å². The van der Waals surface area contributed by atoms with Gasteiger partial charge in [0.25, 0.3) is 0 Å². The van der Waals surface area contributed by atoms with Crippen LogP contribution in [0.5, 0.6) is 0 Å². The molecule has 18 heavy (non-hydrogen) atoms. The first kappa shape index (κ1) is 13.1. The molecule has 1 aliphatic rings. The van der Waals surface area contributed by atoms with Gasteiger partial charge in [0, 0.05) is 50.5 Å². The molecule has 1 atom stereocenters. The number of aromatic amines is 1. The molecular formula is C12H17N3O2S. The molecule has 1 amide bonds. The van der Waals surface area contributed by atoms with Crippen LogP contribution in [0, 0.1) is 5.92 Å². The summed E-state index contributed by atoms with van der Waals surface area (Å²) in [4.78, 5) is 24.6. The molecule has 2 rings (SSSR count). The second kappa shape index (κ2) is 6.04. The lowest BCUT2D eigenvalue weighted by Crippen LogP contribution is -2.27. The van der Waals surface area contributed by atoms with Crippen LogP contribution in [0.2, 0.25) is 0 Å². The summed E-state index contributed by atoms with van der Waals surface area (Å²) in [6.07, 6.45) is 3.09. The maximum absolute atomic E-state index is 11.8. The van der Waals surface area contributed by atoms with Gasteiger partial charge < -0.3 is 4.90 Å². The van der Waals surface area contributed by atoms with Crippen molar-refractivity contribution in [2.24, 2.45) is 5.92 Å². The van der Waals surface area contributed by atoms with Crippen LogP contribution in [0.15, 0.2) is 12.3 Å². The fourth-order valence-corrected chi connectivity index (χ4v) is 2.79. The number of carbonyl (C=O) groups excluding carboxylic acids is 2. The summed E-state index contributed by atoms with van der Waals surface area (Å²) in [5.74, 6) is 1.26. The van der Waals surface area contributed by atoms with E-state index < -0.39 is 0 Å². The lowest BCUT2D eigenvalue weighted by Gasteiger charge is -2.15. The minimum absolute atomic E-state index is 0.123. The van der Waals surface area contributed by atoms with Gasteiger partial charge in [-0.3, -0.25) is 14.7 Å². The molecular weight excluding hydrogens is 250 g/mol. The summed E-state index contributed by atoms with van der Waals surface area (Å²) < 4.78 is 0. The Kier molecular flexibility index (Phi) is 4.41. The minimum Gasteiger partial charge on any atom is -0.342 e. The maximum Gasteiger partial charge on any atom is 0.222 e. The van der Waals surface area contributed by atoms with Crippen molar-refractivity contribution in [2.75, 3.05) is 18.8 Å². The molecule has 1 unspecified atom stereocenters. The van der Waals surface area contributed by atoms with Gasteiger partial charge in [0.05, 0.1) is 0 Å². The van der Waals surface area contributed by atoms with E-state index in [9.17, 15) is 9.59 Å². The van der Waals surface area contributed by atoms with Gasteiger partial charge >= 0.3 is 0 Å². The third-order valence-corrected chi connectivity index (χ3v) is 4.07. The lowest BCUT2D eigenvalue weighted by atomic mass is 10.1. The van der Waals surface area contributed by atoms with E-state index in [0.29, 0.717) is 12.3 Å². The number of H-pyrrole nitrogens is 1. The molecule has 1 saturated heterocycles. The molecule has 0 aromatic carbocycles. The fourth-order valence-electron chi connectivity index (χ4n) is 2.10. The van der Waals surface area contributed by atoms with Crippen LogP contribution in [0.3, 0.4) is 0 Å². The van der Waals surface area contributed by atoms with Gasteiger partial charge in [-0.1, -0.05) is 11.8 Å². The van der Waals surface area contributed by atoms with E-state index in [4.69, 9.17) is 0 Å². The van der Waals surface area contributed by atoms with Gasteiger partial charge in [-0.05, 0) is 12.0 Å². The highest BCUT2D eigenvalue weighted by Gasteiger charge is 2.29. The van der Waals surface area contributed by atoms with Crippen LogP contribution in [-0.2, 0) is 16.0 Å². The predicted octanol–water partition coefficient (Wildman–Crippen LogP) is 1.08. The van der Waals surface area contributed by atoms with Crippen molar-refractivity contribution in [3.8, 4) is 0 Å². The molecule has 98 valence electrons. The normalized spacial score (nSPS) is 19.5. The Morgan fingerprint density at radius 2 is 2.50 bits per heavy atom. The van der Waals surface area contributed by atoms with Crippen LogP contribution in [-0.4, -0.2) is 45.0 Å². The van der Waals surface area contributed by atoms with Crippen LogP contribution in [0.4, 0.5) is 0 Å². The first-order valence-electron chi connectivity index (χ1n) is 6.04. The summed E-state index contributed by atoms with van der Waals surface area (Å²) in [6.45, 7) is 3.06. The summed E-state index contributed by atoms with van der Waals surface area (Å²) in [6, 6.07) is 1.92. The van der Waals surface area contributed by atoms with Crippen molar-refractivity contribution in [2.45, 2.75) is 19.8 Å². The quantitative estimate of drug-likeness (QED) is 0.867. The van der Waals surface area contributed by atoms with Gasteiger partial charge in [-0.15, -0.1) is 0 Å². The zero-order chi connectivity index (χ0) is 13.0. The van der Waals surface area contributed by atoms with Crippen LogP contribution in [0.25, 0.3) is 0 Å². The standard InChI is InChI=1S/C12H17N3O2S/c1-9(16)18-8-10-6-12(17)15(7-10)5-3-11-2-4-13-14-11/h2,4,10H,3,5-8H2,1H3,(H,13,14). The number of hydrogen-bond acceptors (Lipinski definition) is 4. The Bertz CT molecular complexity index is 419. The fraction of sp³-hybridized carbons (Fsp3) is 0.583. The topological polar surface area (TPSA) is 66.1 Å². The van der Waals surface area contributed by atoms with Crippen molar-refractivity contribution >= 4 is 22.8 Å². The van der Waals surface area contributed by atoms with Crippen molar-refractivity contribution in [1.29, 1.82) is 0 Å². The van der Waals surface area contributed by atoms with Gasteiger partial charge in [-0.2, -0.15) is 5.10 Å². The number of nitrogens with one attached hydrogen (secondary N) is 1. The maximum atomic E-state index is 11.8. The van der Waals surface area contributed by atoms with Crippen molar-refractivity contribution < 1.29 is 9.59 Å². The van der Waals surface area contributed by atoms with Crippen molar-refractivity contribution in [1.82, 2.24) is 15.1 Å². The Morgan fingerprint density at radius 3 is 3.17 bits per heavy atom. The number of amides is 1. The highest BCUT2D eigenvalue weighted by Crippen LogP contribution is 2.22. The van der Waals surface area contributed by atoms with E-state index in [1.807, 2.05) is 11.0 Å². The summed E-state index contributed by atoms with van der Waals surface area (Å²) in [7, 11) is 0. The van der Waals surface area contributed by atoms with E-state index in [1.54, 1.807) is 13.1 Å². The molecule has 1 aromatic rings. The third-order valence-electron chi connectivity index (χ3n) is 3.03. The van der Waals surface area contributed by atoms with E-state index in [-0.39, 0.29) is 11.0 Å². The van der Waals surface area contributed by atoms with Crippen molar-refractivity contribution in [3.05, 3.63) is 18.0 Å². The largest absolute Gasteiger partial charge is 0.342 e. The van der Waals surface area contributed by atoms with Gasteiger partial charge in [0.15, 0.2) is 5.12 Å². The summed E-state index contributed by atoms with van der Waals surface area (Å²) in [5.41, 5.74) is 1.05. The number of aromatic nitrogens is 2. The Morgan fingerprint density at radius 1 is 1.67 bits per heavy atom. The first-order valence-corrected chi connectivity index (χ1v) is 7.03. The van der Waals surface area contributed by atoms with Crippen LogP contribution < -0.4 is 0 Å². The second-order valence-corrected chi connectivity index (χ2v) is 5.74. The minimum atomic E-state index is 0.123. The molecule has 1 N–H and O–H groups in total. The summed E-state index contributed by atoms with van der Waals surface area (Å²) in [5, 5.41) is 6.89. The molecule has 0 spiro atoms. The number of carbonyl (C=O) groups is 2. The molecule has 2 heterocycles. The molecule has 0 saturated carbocycles. The average molecular weight is 267 g/mol. The predicted molar refractivity (Wildman–Crippen MR) is 70.1 cm³/mol. The SMILES string of the molecule is CC(=O)SCC1CC(=O)N(CCc2ccn[nH]2)C1. The Balaban J connectivity index is 1.76. The monoisotopic (exact) mass is 267 g/mol. The highest BCUT2D eigenvalue weighted by atomic mass is 32.2. The molecule has 1 aromatic heterocycles. The number of rotatable bonds is 5. The lowest BCUT2D eigenvalue weighted by molar-refractivity contribution is -0.127. The van der Waals surface area contributed by atoms with Crippen molar-refractivity contribution in [3.63, 3.8) is 0 Å². The van der Waals surface area contributed by atoms with Crippen LogP contribution in [0.1, 0.15) is 19.0 Å². The smallest absolute Gasteiger partial charge is 0.222 e. The average Bonchev–Trinajstić information content (AvgIpc) is 2.93. The molecule has 0 bridgehead atoms. The number of hydrogen-bond donors (Lipinski definition) is 1. The number of likely N-dealkylation sites (tertiary alicyclic amines) is 1. The second-order valence-electron chi connectivity index (χ2n) is 4.54. The molecule has 0 aliphatic carbocycles. The van der Waals surface area contributed by atoms with E-state index in [2.05, 4.69) is 10.2 Å². The molecule has 0 radical (unpaired) electrons. The van der Waals surface area contributed by atoms with Gasteiger partial charge in [0.2, 0.25) is 5.91 Å². The molecule has 5 nitrogen and oxygen atoms in total. The highest BCUT2D eigenvalue weighted by molar-refractivity contribution is 8.13. The van der Waals surface area contributed by atoms with E-state index in [1.165, 1.54) is 11.8 Å². The number of thioether (sulfide) groups is 1. The zero-order valence-corrected chi connectivity index (χ0v) is 11.2. The molecule has 6 heteroatoms. The molecule has 1 fully saturated rings.